The lowest BCUT2D eigenvalue weighted by molar-refractivity contribution is -0.384. The Kier molecular flexibility index (Phi) is 14.4. The predicted octanol–water partition coefficient (Wildman–Crippen LogP) is 7.07. The van der Waals surface area contributed by atoms with Gasteiger partial charge < -0.3 is 28.4 Å². The van der Waals surface area contributed by atoms with Gasteiger partial charge in [0.15, 0.2) is 5.78 Å². The van der Waals surface area contributed by atoms with Crippen LogP contribution in [-0.2, 0) is 40.8 Å². The summed E-state index contributed by atoms with van der Waals surface area (Å²) in [7, 11) is 0. The summed E-state index contributed by atoms with van der Waals surface area (Å²) in [6, 6.07) is 4.03. The zero-order chi connectivity index (χ0) is 29.0. The van der Waals surface area contributed by atoms with E-state index in [4.69, 9.17) is 28.4 Å². The van der Waals surface area contributed by atoms with Crippen LogP contribution in [0.25, 0.3) is 0 Å². The fraction of sp³-hybridized carbons (Fsp3) is 0.781. The molecule has 0 N–H and O–H groups in total. The molecule has 2 heterocycles. The molecule has 228 valence electrons. The molecule has 8 heteroatoms. The SMILES string of the molecule is CCCCOC[C@H]1O[C@]2(OCc3cc(SC)c(C(C)=O)cc32)[C@H](OCCCC)[C@@H](OCCCC)[C@@H]1OCCCC. The molecule has 0 amide bonds. The molecular formula is C32H52O7S. The summed E-state index contributed by atoms with van der Waals surface area (Å²) in [4.78, 5) is 13.6. The summed E-state index contributed by atoms with van der Waals surface area (Å²) in [5.41, 5.74) is 2.54. The highest BCUT2D eigenvalue weighted by Crippen LogP contribution is 2.49. The zero-order valence-electron chi connectivity index (χ0n) is 25.6. The van der Waals surface area contributed by atoms with E-state index in [1.165, 1.54) is 0 Å². The lowest BCUT2D eigenvalue weighted by atomic mass is 9.86. The Hall–Kier alpha value is -1.00. The summed E-state index contributed by atoms with van der Waals surface area (Å²) >= 11 is 1.57. The molecule has 1 saturated heterocycles. The summed E-state index contributed by atoms with van der Waals surface area (Å²) in [6.45, 7) is 13.4. The summed E-state index contributed by atoms with van der Waals surface area (Å²) in [5.74, 6) is -1.20. The third-order valence-electron chi connectivity index (χ3n) is 7.65. The number of Topliss-reactive ketones (excluding diaryl/α,β-unsaturated/α-hetero) is 1. The maximum absolute atomic E-state index is 12.7. The number of unbranched alkanes of at least 4 members (excludes halogenated alkanes) is 4. The molecule has 2 aliphatic rings. The molecule has 0 saturated carbocycles. The topological polar surface area (TPSA) is 72.5 Å². The average molecular weight is 581 g/mol. The minimum Gasteiger partial charge on any atom is -0.379 e. The highest BCUT2D eigenvalue weighted by Gasteiger charge is 2.61. The van der Waals surface area contributed by atoms with Gasteiger partial charge in [0.25, 0.3) is 0 Å². The van der Waals surface area contributed by atoms with Gasteiger partial charge in [-0.15, -0.1) is 11.8 Å². The van der Waals surface area contributed by atoms with Crippen molar-refractivity contribution in [2.24, 2.45) is 0 Å². The van der Waals surface area contributed by atoms with Gasteiger partial charge in [-0.25, -0.2) is 0 Å². The lowest BCUT2D eigenvalue weighted by Crippen LogP contribution is -2.66. The van der Waals surface area contributed by atoms with E-state index in [1.807, 2.05) is 12.3 Å². The van der Waals surface area contributed by atoms with Crippen molar-refractivity contribution < 1.29 is 33.2 Å². The second kappa shape index (κ2) is 17.2. The van der Waals surface area contributed by atoms with Crippen molar-refractivity contribution in [2.45, 2.75) is 128 Å². The molecule has 40 heavy (non-hydrogen) atoms. The maximum atomic E-state index is 12.7. The molecule has 2 aliphatic heterocycles. The first-order valence-electron chi connectivity index (χ1n) is 15.4. The predicted molar refractivity (Wildman–Crippen MR) is 159 cm³/mol. The van der Waals surface area contributed by atoms with E-state index in [-0.39, 0.29) is 11.9 Å². The smallest absolute Gasteiger partial charge is 0.225 e. The number of hydrogen-bond acceptors (Lipinski definition) is 8. The van der Waals surface area contributed by atoms with Crippen LogP contribution in [0.2, 0.25) is 0 Å². The molecule has 0 radical (unpaired) electrons. The Balaban J connectivity index is 2.10. The van der Waals surface area contributed by atoms with Crippen molar-refractivity contribution >= 4 is 17.5 Å². The highest BCUT2D eigenvalue weighted by molar-refractivity contribution is 7.98. The number of ketones is 1. The van der Waals surface area contributed by atoms with Crippen LogP contribution in [-0.4, -0.2) is 69.5 Å². The van der Waals surface area contributed by atoms with Crippen LogP contribution in [0, 0.1) is 0 Å². The number of rotatable bonds is 19. The first kappa shape index (κ1) is 33.5. The second-order valence-electron chi connectivity index (χ2n) is 10.8. The molecule has 1 aromatic carbocycles. The molecule has 7 nitrogen and oxygen atoms in total. The largest absolute Gasteiger partial charge is 0.379 e. The first-order valence-corrected chi connectivity index (χ1v) is 16.7. The van der Waals surface area contributed by atoms with Gasteiger partial charge in [-0.05, 0) is 56.6 Å². The molecule has 0 bridgehead atoms. The van der Waals surface area contributed by atoms with Crippen LogP contribution in [0.3, 0.4) is 0 Å². The van der Waals surface area contributed by atoms with Crippen LogP contribution in [0.15, 0.2) is 17.0 Å². The minimum atomic E-state index is -1.22. The summed E-state index contributed by atoms with van der Waals surface area (Å²) in [6.07, 6.45) is 8.15. The van der Waals surface area contributed by atoms with Gasteiger partial charge in [0, 0.05) is 42.4 Å². The van der Waals surface area contributed by atoms with E-state index >= 15 is 0 Å². The highest BCUT2D eigenvalue weighted by atomic mass is 32.2. The van der Waals surface area contributed by atoms with Crippen molar-refractivity contribution in [3.8, 4) is 0 Å². The standard InChI is InChI=1S/C32H52O7S/c1-7-11-15-34-22-27-29(35-16-12-8-2)30(36-17-13-9-3)31(37-18-14-10-4)32(39-27)26-20-25(23(5)33)28(40-6)19-24(26)21-38-32/h19-20,27,29-31H,7-18,21-22H2,1-6H3/t27-,29-,30+,31-,32+/m1/s1. The van der Waals surface area contributed by atoms with E-state index in [9.17, 15) is 4.79 Å². The van der Waals surface area contributed by atoms with Gasteiger partial charge in [-0.2, -0.15) is 0 Å². The molecule has 0 aromatic heterocycles. The van der Waals surface area contributed by atoms with Crippen molar-refractivity contribution in [2.75, 3.05) is 39.3 Å². The van der Waals surface area contributed by atoms with Crippen LogP contribution < -0.4 is 0 Å². The second-order valence-corrected chi connectivity index (χ2v) is 11.7. The van der Waals surface area contributed by atoms with Gasteiger partial charge in [-0.3, -0.25) is 4.79 Å². The fourth-order valence-corrected chi connectivity index (χ4v) is 5.99. The Morgan fingerprint density at radius 2 is 1.50 bits per heavy atom. The van der Waals surface area contributed by atoms with Crippen molar-refractivity contribution in [1.29, 1.82) is 0 Å². The van der Waals surface area contributed by atoms with Crippen molar-refractivity contribution in [1.82, 2.24) is 0 Å². The molecule has 0 aliphatic carbocycles. The van der Waals surface area contributed by atoms with Crippen molar-refractivity contribution in [3.05, 3.63) is 28.8 Å². The number of carbonyl (C=O) groups excluding carboxylic acids is 1. The number of ether oxygens (including phenoxy) is 6. The number of hydrogen-bond donors (Lipinski definition) is 0. The maximum Gasteiger partial charge on any atom is 0.225 e. The Morgan fingerprint density at radius 1 is 0.900 bits per heavy atom. The monoisotopic (exact) mass is 580 g/mol. The number of fused-ring (bicyclic) bond motifs is 2. The van der Waals surface area contributed by atoms with Gasteiger partial charge in [0.05, 0.1) is 13.2 Å². The lowest BCUT2D eigenvalue weighted by Gasteiger charge is -2.51. The minimum absolute atomic E-state index is 0.0180. The number of thioether (sulfide) groups is 1. The van der Waals surface area contributed by atoms with Gasteiger partial charge in [0.2, 0.25) is 5.79 Å². The third kappa shape index (κ3) is 8.09. The van der Waals surface area contributed by atoms with Crippen LogP contribution >= 0.6 is 11.8 Å². The van der Waals surface area contributed by atoms with E-state index < -0.39 is 24.1 Å². The zero-order valence-corrected chi connectivity index (χ0v) is 26.4. The molecule has 1 spiro atoms. The summed E-state index contributed by atoms with van der Waals surface area (Å²) < 4.78 is 39.6. The molecular weight excluding hydrogens is 528 g/mol. The van der Waals surface area contributed by atoms with Crippen molar-refractivity contribution in [3.63, 3.8) is 0 Å². The molecule has 1 aromatic rings. The van der Waals surface area contributed by atoms with Crippen LogP contribution in [0.4, 0.5) is 0 Å². The van der Waals surface area contributed by atoms with Crippen LogP contribution in [0.1, 0.15) is 107 Å². The van der Waals surface area contributed by atoms with Crippen LogP contribution in [0.5, 0.6) is 0 Å². The molecule has 0 unspecified atom stereocenters. The quantitative estimate of drug-likeness (QED) is 0.0978. The molecule has 1 fully saturated rings. The third-order valence-corrected chi connectivity index (χ3v) is 8.43. The van der Waals surface area contributed by atoms with Gasteiger partial charge in [0.1, 0.15) is 24.4 Å². The van der Waals surface area contributed by atoms with Gasteiger partial charge >= 0.3 is 0 Å². The Morgan fingerprint density at radius 3 is 2.10 bits per heavy atom. The van der Waals surface area contributed by atoms with E-state index in [0.29, 0.717) is 45.2 Å². The first-order chi connectivity index (χ1) is 19.5. The van der Waals surface area contributed by atoms with E-state index in [2.05, 4.69) is 33.8 Å². The normalized spacial score (nSPS) is 25.9. The van der Waals surface area contributed by atoms with E-state index in [0.717, 1.165) is 67.4 Å². The molecule has 3 rings (SSSR count). The number of benzene rings is 1. The average Bonchev–Trinajstić information content (AvgIpc) is 3.30. The molecule has 5 atom stereocenters. The number of carbonyl (C=O) groups is 1. The summed E-state index contributed by atoms with van der Waals surface area (Å²) in [5, 5.41) is 0. The fourth-order valence-electron chi connectivity index (χ4n) is 5.31. The Bertz CT molecular complexity index is 909. The van der Waals surface area contributed by atoms with E-state index in [1.54, 1.807) is 18.7 Å². The van der Waals surface area contributed by atoms with Gasteiger partial charge in [-0.1, -0.05) is 53.4 Å². The Labute approximate surface area is 246 Å².